The zero-order chi connectivity index (χ0) is 36.0. The van der Waals surface area contributed by atoms with Crippen LogP contribution in [0, 0.1) is 11.8 Å². The van der Waals surface area contributed by atoms with Crippen LogP contribution in [-0.4, -0.2) is 15.0 Å². The van der Waals surface area contributed by atoms with Crippen molar-refractivity contribution in [3.8, 4) is 33.9 Å². The normalized spacial score (nSPS) is 16.6. The van der Waals surface area contributed by atoms with E-state index in [2.05, 4.69) is 158 Å². The van der Waals surface area contributed by atoms with Crippen molar-refractivity contribution in [2.24, 2.45) is 11.8 Å². The lowest BCUT2D eigenvalue weighted by Gasteiger charge is -2.22. The number of fused-ring (bicyclic) bond motifs is 10. The van der Waals surface area contributed by atoms with E-state index in [1.54, 1.807) is 11.3 Å². The monoisotopic (exact) mass is 739 g/mol. The molecule has 2 unspecified atom stereocenters. The van der Waals surface area contributed by atoms with Crippen LogP contribution in [0.3, 0.4) is 0 Å². The molecule has 0 saturated carbocycles. The van der Waals surface area contributed by atoms with E-state index in [9.17, 15) is 0 Å². The van der Waals surface area contributed by atoms with Crippen molar-refractivity contribution in [1.29, 1.82) is 0 Å². The first-order valence-electron chi connectivity index (χ1n) is 18.5. The SMILES string of the molecule is C1=CC2C=CC(c3nc(-c4cccc5c4sc4ccccc45)nc(-c4cccc5oc6c(-c7cccc8sc9ccccc9c78)cccc6c45)n3)=CC2C=C1. The molecule has 0 aliphatic heterocycles. The molecule has 0 saturated heterocycles. The molecule has 0 radical (unpaired) electrons. The molecule has 0 amide bonds. The average Bonchev–Trinajstić information content (AvgIpc) is 3.95. The summed E-state index contributed by atoms with van der Waals surface area (Å²) in [5.74, 6) is 2.54. The molecule has 258 valence electrons. The average molecular weight is 740 g/mol. The minimum atomic E-state index is 0.254. The summed E-state index contributed by atoms with van der Waals surface area (Å²) in [7, 11) is 0. The Morgan fingerprint density at radius 2 is 1.09 bits per heavy atom. The molecule has 0 spiro atoms. The highest BCUT2D eigenvalue weighted by Crippen LogP contribution is 2.46. The maximum Gasteiger partial charge on any atom is 0.165 e. The summed E-state index contributed by atoms with van der Waals surface area (Å²) in [5.41, 5.74) is 6.82. The number of allylic oxidation sites excluding steroid dienone is 8. The first kappa shape index (κ1) is 30.9. The molecule has 2 atom stereocenters. The first-order valence-corrected chi connectivity index (χ1v) is 20.2. The highest BCUT2D eigenvalue weighted by atomic mass is 32.1. The van der Waals surface area contributed by atoms with E-state index in [1.807, 2.05) is 17.4 Å². The van der Waals surface area contributed by atoms with Crippen LogP contribution < -0.4 is 0 Å². The number of benzene rings is 6. The van der Waals surface area contributed by atoms with Crippen molar-refractivity contribution in [1.82, 2.24) is 15.0 Å². The van der Waals surface area contributed by atoms with Crippen molar-refractivity contribution in [3.05, 3.63) is 170 Å². The zero-order valence-corrected chi connectivity index (χ0v) is 30.9. The van der Waals surface area contributed by atoms with Gasteiger partial charge in [-0.25, -0.2) is 15.0 Å². The summed E-state index contributed by atoms with van der Waals surface area (Å²) in [6, 6.07) is 43.0. The largest absolute Gasteiger partial charge is 0.455 e. The number of para-hydroxylation sites is 1. The summed E-state index contributed by atoms with van der Waals surface area (Å²) in [6.07, 6.45) is 15.5. The fourth-order valence-electron chi connectivity index (χ4n) is 8.54. The van der Waals surface area contributed by atoms with Gasteiger partial charge in [-0.15, -0.1) is 22.7 Å². The number of hydrogen-bond donors (Lipinski definition) is 0. The third-order valence-corrected chi connectivity index (χ3v) is 13.4. The lowest BCUT2D eigenvalue weighted by Crippen LogP contribution is -2.12. The Labute approximate surface area is 323 Å². The van der Waals surface area contributed by atoms with Gasteiger partial charge in [0.25, 0.3) is 0 Å². The molecule has 6 heteroatoms. The summed E-state index contributed by atoms with van der Waals surface area (Å²) < 4.78 is 11.8. The van der Waals surface area contributed by atoms with Crippen LogP contribution in [0.15, 0.2) is 168 Å². The van der Waals surface area contributed by atoms with Gasteiger partial charge in [0.15, 0.2) is 17.5 Å². The van der Waals surface area contributed by atoms with Gasteiger partial charge in [0.1, 0.15) is 11.2 Å². The maximum atomic E-state index is 6.85. The molecule has 0 N–H and O–H groups in total. The molecule has 2 aliphatic carbocycles. The van der Waals surface area contributed by atoms with Crippen LogP contribution in [-0.2, 0) is 0 Å². The van der Waals surface area contributed by atoms with Gasteiger partial charge in [-0.2, -0.15) is 0 Å². The van der Waals surface area contributed by atoms with E-state index < -0.39 is 0 Å². The highest BCUT2D eigenvalue weighted by molar-refractivity contribution is 7.26. The molecule has 55 heavy (non-hydrogen) atoms. The van der Waals surface area contributed by atoms with E-state index in [1.165, 1.54) is 45.9 Å². The lowest BCUT2D eigenvalue weighted by atomic mass is 9.83. The molecule has 12 rings (SSSR count). The van der Waals surface area contributed by atoms with Gasteiger partial charge in [-0.3, -0.25) is 0 Å². The minimum absolute atomic E-state index is 0.254. The van der Waals surface area contributed by atoms with Gasteiger partial charge in [-0.1, -0.05) is 134 Å². The van der Waals surface area contributed by atoms with Crippen LogP contribution in [0.25, 0.3) is 102 Å². The summed E-state index contributed by atoms with van der Waals surface area (Å²) in [5, 5.41) is 7.02. The quantitative estimate of drug-likeness (QED) is 0.180. The van der Waals surface area contributed by atoms with Gasteiger partial charge < -0.3 is 4.42 Å². The molecular formula is C49H29N3OS2. The Kier molecular flexibility index (Phi) is 6.76. The molecule has 2 aliphatic rings. The highest BCUT2D eigenvalue weighted by Gasteiger charge is 2.24. The van der Waals surface area contributed by atoms with Crippen LogP contribution >= 0.6 is 22.7 Å². The van der Waals surface area contributed by atoms with E-state index in [0.29, 0.717) is 23.4 Å². The second-order valence-corrected chi connectivity index (χ2v) is 16.4. The fraction of sp³-hybridized carbons (Fsp3) is 0.0408. The van der Waals surface area contributed by atoms with Gasteiger partial charge >= 0.3 is 0 Å². The van der Waals surface area contributed by atoms with E-state index in [-0.39, 0.29) is 5.92 Å². The van der Waals surface area contributed by atoms with Crippen molar-refractivity contribution >= 4 is 90.5 Å². The number of rotatable bonds is 4. The van der Waals surface area contributed by atoms with Gasteiger partial charge in [0.2, 0.25) is 0 Å². The van der Waals surface area contributed by atoms with Crippen molar-refractivity contribution in [3.63, 3.8) is 0 Å². The Morgan fingerprint density at radius 1 is 0.455 bits per heavy atom. The van der Waals surface area contributed by atoms with Crippen molar-refractivity contribution in [2.45, 2.75) is 0 Å². The Balaban J connectivity index is 1.10. The van der Waals surface area contributed by atoms with Crippen LogP contribution in [0.4, 0.5) is 0 Å². The molecule has 4 aromatic heterocycles. The number of hydrogen-bond acceptors (Lipinski definition) is 6. The zero-order valence-electron chi connectivity index (χ0n) is 29.3. The number of nitrogens with zero attached hydrogens (tertiary/aromatic N) is 3. The smallest absolute Gasteiger partial charge is 0.165 e. The number of furan rings is 1. The second kappa shape index (κ2) is 12.0. The predicted octanol–water partition coefficient (Wildman–Crippen LogP) is 13.8. The molecule has 10 aromatic rings. The molecule has 4 heterocycles. The Bertz CT molecular complexity index is 3360. The third-order valence-electron chi connectivity index (χ3n) is 11.1. The third kappa shape index (κ3) is 4.78. The van der Waals surface area contributed by atoms with Gasteiger partial charge in [0, 0.05) is 85.2 Å². The van der Waals surface area contributed by atoms with E-state index in [4.69, 9.17) is 19.4 Å². The Hall–Kier alpha value is -6.47. The predicted molar refractivity (Wildman–Crippen MR) is 232 cm³/mol. The Morgan fingerprint density at radius 3 is 1.98 bits per heavy atom. The van der Waals surface area contributed by atoms with Crippen molar-refractivity contribution in [2.75, 3.05) is 0 Å². The molecular weight excluding hydrogens is 711 g/mol. The van der Waals surface area contributed by atoms with Gasteiger partial charge in [-0.05, 0) is 35.9 Å². The summed E-state index contributed by atoms with van der Waals surface area (Å²) in [4.78, 5) is 15.8. The molecule has 6 aromatic carbocycles. The molecule has 0 fully saturated rings. The van der Waals surface area contributed by atoms with Crippen LogP contribution in [0.5, 0.6) is 0 Å². The second-order valence-electron chi connectivity index (χ2n) is 14.2. The van der Waals surface area contributed by atoms with Gasteiger partial charge in [0.05, 0.1) is 0 Å². The fourth-order valence-corrected chi connectivity index (χ4v) is 10.9. The molecule has 4 nitrogen and oxygen atoms in total. The number of aromatic nitrogens is 3. The summed E-state index contributed by atoms with van der Waals surface area (Å²) >= 11 is 3.62. The van der Waals surface area contributed by atoms with Crippen LogP contribution in [0.1, 0.15) is 5.82 Å². The maximum absolute atomic E-state index is 6.85. The first-order chi connectivity index (χ1) is 27.2. The standard InChI is InChI=1S/C49H29N3OS2/c1-2-12-29-27-30(26-25-28(29)11-1)47-50-48(52-49(51-47)38-20-8-17-34-31-13-3-5-22-40(31)55-46(34)38)37-19-9-21-39-43(37)36-18-7-16-33(45(36)53-39)32-15-10-24-42-44(32)35-14-4-6-23-41(35)54-42/h1-29H. The summed E-state index contributed by atoms with van der Waals surface area (Å²) in [6.45, 7) is 0. The van der Waals surface area contributed by atoms with E-state index >= 15 is 0 Å². The van der Waals surface area contributed by atoms with Crippen molar-refractivity contribution < 1.29 is 4.42 Å². The van der Waals surface area contributed by atoms with E-state index in [0.717, 1.165) is 44.2 Å². The topological polar surface area (TPSA) is 51.8 Å². The minimum Gasteiger partial charge on any atom is -0.455 e. The lowest BCUT2D eigenvalue weighted by molar-refractivity contribution is 0.662. The number of thiophene rings is 2. The van der Waals surface area contributed by atoms with Crippen LogP contribution in [0.2, 0.25) is 0 Å². The molecule has 0 bridgehead atoms.